The minimum atomic E-state index is -2.47. The van der Waals surface area contributed by atoms with Crippen LogP contribution in [-0.2, 0) is 15.5 Å². The van der Waals surface area contributed by atoms with Gasteiger partial charge in [-0.25, -0.2) is 0 Å². The van der Waals surface area contributed by atoms with Gasteiger partial charge in [-0.1, -0.05) is 28.1 Å². The lowest BCUT2D eigenvalue weighted by Gasteiger charge is -1.97. The third-order valence-corrected chi connectivity index (χ3v) is 2.38. The molecule has 70 valence electrons. The average molecular weight is 264 g/mol. The van der Waals surface area contributed by atoms with Gasteiger partial charge in [0.05, 0.1) is 0 Å². The standard InChI is InChI=1S/C8H8BrO3P/c9-8-3-1-2-7(6-8)4-5-12-13(10)11/h1-3,6H,4-5H2/p+1. The summed E-state index contributed by atoms with van der Waals surface area (Å²) in [6.45, 7) is 0.266. The maximum Gasteiger partial charge on any atom is 0.694 e. The van der Waals surface area contributed by atoms with Crippen LogP contribution in [0, 0.1) is 0 Å². The Labute approximate surface area is 85.8 Å². The molecule has 5 heteroatoms. The first-order valence-corrected chi connectivity index (χ1v) is 5.64. The second-order valence-corrected chi connectivity index (χ2v) is 4.10. The van der Waals surface area contributed by atoms with E-state index in [1.165, 1.54) is 0 Å². The lowest BCUT2D eigenvalue weighted by Crippen LogP contribution is -1.92. The van der Waals surface area contributed by atoms with Gasteiger partial charge < -0.3 is 0 Å². The molecule has 0 bridgehead atoms. The Morgan fingerprint density at radius 2 is 2.31 bits per heavy atom. The van der Waals surface area contributed by atoms with E-state index in [0.717, 1.165) is 10.0 Å². The summed E-state index contributed by atoms with van der Waals surface area (Å²) >= 11 is 3.34. The van der Waals surface area contributed by atoms with Crippen molar-refractivity contribution in [2.24, 2.45) is 0 Å². The Balaban J connectivity index is 2.41. The third-order valence-electron chi connectivity index (χ3n) is 1.48. The minimum Gasteiger partial charge on any atom is -0.133 e. The van der Waals surface area contributed by atoms with Crippen molar-refractivity contribution in [3.63, 3.8) is 0 Å². The predicted octanol–water partition coefficient (Wildman–Crippen LogP) is 2.66. The largest absolute Gasteiger partial charge is 0.694 e. The van der Waals surface area contributed by atoms with Crippen molar-refractivity contribution in [2.75, 3.05) is 6.61 Å². The number of hydrogen-bond donors (Lipinski definition) is 1. The topological polar surface area (TPSA) is 46.5 Å². The number of benzene rings is 1. The SMILES string of the molecule is O=[P+](O)OCCc1cccc(Br)c1. The van der Waals surface area contributed by atoms with Gasteiger partial charge in [-0.15, -0.1) is 9.42 Å². The van der Waals surface area contributed by atoms with Gasteiger partial charge >= 0.3 is 8.25 Å². The molecule has 0 aliphatic rings. The smallest absolute Gasteiger partial charge is 0.133 e. The van der Waals surface area contributed by atoms with E-state index in [1.807, 2.05) is 24.3 Å². The van der Waals surface area contributed by atoms with E-state index in [0.29, 0.717) is 6.42 Å². The molecule has 1 aromatic rings. The molecule has 0 aliphatic heterocycles. The van der Waals surface area contributed by atoms with Crippen LogP contribution in [-0.4, -0.2) is 11.5 Å². The van der Waals surface area contributed by atoms with Crippen molar-refractivity contribution < 1.29 is 14.0 Å². The molecular formula is C8H9BrO3P+. The molecule has 13 heavy (non-hydrogen) atoms. The molecule has 0 heterocycles. The molecule has 1 unspecified atom stereocenters. The van der Waals surface area contributed by atoms with Crippen LogP contribution in [0.1, 0.15) is 5.56 Å². The van der Waals surface area contributed by atoms with Gasteiger partial charge in [0, 0.05) is 15.5 Å². The highest BCUT2D eigenvalue weighted by Gasteiger charge is 2.10. The first kappa shape index (κ1) is 10.8. The summed E-state index contributed by atoms with van der Waals surface area (Å²) in [6, 6.07) is 7.74. The molecule has 0 saturated carbocycles. The van der Waals surface area contributed by atoms with Gasteiger partial charge in [-0.05, 0) is 17.7 Å². The summed E-state index contributed by atoms with van der Waals surface area (Å²) in [7, 11) is -2.47. The third kappa shape index (κ3) is 4.48. The monoisotopic (exact) mass is 263 g/mol. The highest BCUT2D eigenvalue weighted by Crippen LogP contribution is 2.16. The fourth-order valence-corrected chi connectivity index (χ4v) is 1.63. The van der Waals surface area contributed by atoms with Gasteiger partial charge in [-0.2, -0.15) is 0 Å². The Kier molecular flexibility index (Phi) is 4.53. The highest BCUT2D eigenvalue weighted by atomic mass is 79.9. The summed E-state index contributed by atoms with van der Waals surface area (Å²) in [5, 5.41) is 0. The summed E-state index contributed by atoms with van der Waals surface area (Å²) in [4.78, 5) is 8.36. The first-order chi connectivity index (χ1) is 6.18. The van der Waals surface area contributed by atoms with Crippen LogP contribution in [0.3, 0.4) is 0 Å². The van der Waals surface area contributed by atoms with E-state index in [-0.39, 0.29) is 6.61 Å². The molecule has 3 nitrogen and oxygen atoms in total. The van der Waals surface area contributed by atoms with Crippen LogP contribution in [0.4, 0.5) is 0 Å². The lowest BCUT2D eigenvalue weighted by molar-refractivity contribution is 0.285. The number of hydrogen-bond acceptors (Lipinski definition) is 2. The molecule has 0 aliphatic carbocycles. The first-order valence-electron chi connectivity index (χ1n) is 3.72. The van der Waals surface area contributed by atoms with Crippen LogP contribution in [0.2, 0.25) is 0 Å². The van der Waals surface area contributed by atoms with Crippen LogP contribution in [0.25, 0.3) is 0 Å². The van der Waals surface area contributed by atoms with Crippen molar-refractivity contribution in [1.82, 2.24) is 0 Å². The molecule has 1 atom stereocenters. The van der Waals surface area contributed by atoms with Gasteiger partial charge in [-0.3, -0.25) is 0 Å². The van der Waals surface area contributed by atoms with Crippen molar-refractivity contribution in [3.05, 3.63) is 34.3 Å². The van der Waals surface area contributed by atoms with Crippen molar-refractivity contribution in [2.45, 2.75) is 6.42 Å². The minimum absolute atomic E-state index is 0.266. The molecule has 0 fully saturated rings. The second-order valence-electron chi connectivity index (χ2n) is 2.45. The quantitative estimate of drug-likeness (QED) is 0.850. The Morgan fingerprint density at radius 1 is 1.54 bits per heavy atom. The van der Waals surface area contributed by atoms with Crippen LogP contribution >= 0.6 is 24.2 Å². The fraction of sp³-hybridized carbons (Fsp3) is 0.250. The normalized spacial score (nSPS) is 11.4. The van der Waals surface area contributed by atoms with Crippen LogP contribution < -0.4 is 0 Å². The lowest BCUT2D eigenvalue weighted by atomic mass is 10.2. The van der Waals surface area contributed by atoms with Gasteiger partial charge in [0.15, 0.2) is 0 Å². The molecular weight excluding hydrogens is 255 g/mol. The van der Waals surface area contributed by atoms with Crippen LogP contribution in [0.15, 0.2) is 28.7 Å². The molecule has 1 N–H and O–H groups in total. The molecule has 1 rings (SSSR count). The Bertz CT molecular complexity index is 303. The Morgan fingerprint density at radius 3 is 2.92 bits per heavy atom. The summed E-state index contributed by atoms with van der Waals surface area (Å²) in [5.74, 6) is 0. The van der Waals surface area contributed by atoms with E-state index < -0.39 is 8.25 Å². The van der Waals surface area contributed by atoms with Gasteiger partial charge in [0.2, 0.25) is 0 Å². The summed E-state index contributed by atoms with van der Waals surface area (Å²) in [5.41, 5.74) is 1.08. The molecule has 0 spiro atoms. The highest BCUT2D eigenvalue weighted by molar-refractivity contribution is 9.10. The number of rotatable bonds is 4. The van der Waals surface area contributed by atoms with E-state index in [4.69, 9.17) is 4.89 Å². The molecule has 1 aromatic carbocycles. The maximum atomic E-state index is 10.2. The molecule has 0 radical (unpaired) electrons. The maximum absolute atomic E-state index is 10.2. The van der Waals surface area contributed by atoms with E-state index in [1.54, 1.807) is 0 Å². The zero-order chi connectivity index (χ0) is 9.68. The van der Waals surface area contributed by atoms with Gasteiger partial charge in [0.1, 0.15) is 6.61 Å². The fourth-order valence-electron chi connectivity index (χ4n) is 0.934. The summed E-state index contributed by atoms with van der Waals surface area (Å²) < 4.78 is 15.7. The zero-order valence-electron chi connectivity index (χ0n) is 6.81. The second kappa shape index (κ2) is 5.45. The number of halogens is 1. The summed E-state index contributed by atoms with van der Waals surface area (Å²) in [6.07, 6.45) is 0.640. The predicted molar refractivity (Wildman–Crippen MR) is 53.6 cm³/mol. The van der Waals surface area contributed by atoms with E-state index in [2.05, 4.69) is 20.5 Å². The van der Waals surface area contributed by atoms with Crippen molar-refractivity contribution in [1.29, 1.82) is 0 Å². The Hall–Kier alpha value is -0.280. The van der Waals surface area contributed by atoms with Crippen molar-refractivity contribution in [3.8, 4) is 0 Å². The molecule has 0 aromatic heterocycles. The van der Waals surface area contributed by atoms with Crippen LogP contribution in [0.5, 0.6) is 0 Å². The van der Waals surface area contributed by atoms with E-state index in [9.17, 15) is 4.57 Å². The molecule has 0 amide bonds. The van der Waals surface area contributed by atoms with E-state index >= 15 is 0 Å². The van der Waals surface area contributed by atoms with Gasteiger partial charge in [0.25, 0.3) is 0 Å². The van der Waals surface area contributed by atoms with Crippen molar-refractivity contribution >= 4 is 24.2 Å². The molecule has 0 saturated heterocycles. The average Bonchev–Trinajstić information content (AvgIpc) is 2.03. The zero-order valence-corrected chi connectivity index (χ0v) is 9.29.